The van der Waals surface area contributed by atoms with E-state index in [4.69, 9.17) is 9.47 Å². The van der Waals surface area contributed by atoms with E-state index < -0.39 is 0 Å². The normalized spacial score (nSPS) is 10.2. The van der Waals surface area contributed by atoms with Gasteiger partial charge < -0.3 is 14.8 Å². The SMILES string of the molecule is Cc1cccc(OCCNc2ccc(Oc3ccccc3)cc2)c1. The Morgan fingerprint density at radius 3 is 2.21 bits per heavy atom. The highest BCUT2D eigenvalue weighted by Crippen LogP contribution is 2.22. The fourth-order valence-corrected chi connectivity index (χ4v) is 2.33. The number of hydrogen-bond acceptors (Lipinski definition) is 3. The molecule has 0 spiro atoms. The van der Waals surface area contributed by atoms with E-state index in [1.54, 1.807) is 0 Å². The molecule has 0 heterocycles. The zero-order valence-electron chi connectivity index (χ0n) is 13.7. The summed E-state index contributed by atoms with van der Waals surface area (Å²) in [7, 11) is 0. The first-order valence-electron chi connectivity index (χ1n) is 8.06. The summed E-state index contributed by atoms with van der Waals surface area (Å²) < 4.78 is 11.5. The van der Waals surface area contributed by atoms with Crippen LogP contribution in [0.5, 0.6) is 17.2 Å². The van der Waals surface area contributed by atoms with Crippen molar-refractivity contribution in [2.45, 2.75) is 6.92 Å². The molecule has 0 amide bonds. The molecule has 0 aliphatic carbocycles. The molecule has 0 saturated heterocycles. The van der Waals surface area contributed by atoms with Crippen molar-refractivity contribution in [2.24, 2.45) is 0 Å². The average Bonchev–Trinajstić information content (AvgIpc) is 2.61. The number of benzene rings is 3. The number of aryl methyl sites for hydroxylation is 1. The number of para-hydroxylation sites is 1. The average molecular weight is 319 g/mol. The van der Waals surface area contributed by atoms with Gasteiger partial charge in [-0.05, 0) is 61.0 Å². The van der Waals surface area contributed by atoms with Crippen molar-refractivity contribution >= 4 is 5.69 Å². The van der Waals surface area contributed by atoms with Gasteiger partial charge in [-0.1, -0.05) is 30.3 Å². The van der Waals surface area contributed by atoms with E-state index >= 15 is 0 Å². The van der Waals surface area contributed by atoms with E-state index in [9.17, 15) is 0 Å². The third-order valence-corrected chi connectivity index (χ3v) is 3.52. The molecular weight excluding hydrogens is 298 g/mol. The molecule has 3 nitrogen and oxygen atoms in total. The molecule has 0 atom stereocenters. The van der Waals surface area contributed by atoms with Crippen molar-refractivity contribution < 1.29 is 9.47 Å². The predicted molar refractivity (Wildman–Crippen MR) is 98.1 cm³/mol. The maximum atomic E-state index is 5.78. The number of ether oxygens (including phenoxy) is 2. The molecule has 0 fully saturated rings. The second-order valence-corrected chi connectivity index (χ2v) is 5.53. The Kier molecular flexibility index (Phi) is 5.36. The van der Waals surface area contributed by atoms with Gasteiger partial charge in [-0.25, -0.2) is 0 Å². The molecule has 1 N–H and O–H groups in total. The molecule has 3 heteroatoms. The zero-order valence-corrected chi connectivity index (χ0v) is 13.7. The maximum absolute atomic E-state index is 5.78. The lowest BCUT2D eigenvalue weighted by molar-refractivity contribution is 0.332. The topological polar surface area (TPSA) is 30.5 Å². The summed E-state index contributed by atoms with van der Waals surface area (Å²) in [5.41, 5.74) is 2.25. The quantitative estimate of drug-likeness (QED) is 0.601. The van der Waals surface area contributed by atoms with Crippen LogP contribution in [0, 0.1) is 6.92 Å². The molecule has 0 saturated carbocycles. The molecule has 0 aliphatic rings. The summed E-state index contributed by atoms with van der Waals surface area (Å²) in [6, 6.07) is 25.8. The fraction of sp³-hybridized carbons (Fsp3) is 0.143. The molecule has 3 rings (SSSR count). The Balaban J connectivity index is 1.44. The van der Waals surface area contributed by atoms with Crippen LogP contribution in [0.2, 0.25) is 0 Å². The van der Waals surface area contributed by atoms with Crippen LogP contribution >= 0.6 is 0 Å². The van der Waals surface area contributed by atoms with Crippen LogP contribution < -0.4 is 14.8 Å². The van der Waals surface area contributed by atoms with Gasteiger partial charge in [0.15, 0.2) is 0 Å². The summed E-state index contributed by atoms with van der Waals surface area (Å²) in [6.07, 6.45) is 0. The zero-order chi connectivity index (χ0) is 16.6. The molecule has 0 aromatic heterocycles. The van der Waals surface area contributed by atoms with Crippen LogP contribution in [0.4, 0.5) is 5.69 Å². The lowest BCUT2D eigenvalue weighted by Crippen LogP contribution is -2.11. The van der Waals surface area contributed by atoms with Gasteiger partial charge in [0, 0.05) is 12.2 Å². The molecule has 3 aromatic rings. The van der Waals surface area contributed by atoms with Crippen molar-refractivity contribution in [1.82, 2.24) is 0 Å². The van der Waals surface area contributed by atoms with Crippen molar-refractivity contribution in [1.29, 1.82) is 0 Å². The minimum atomic E-state index is 0.617. The molecular formula is C21H21NO2. The van der Waals surface area contributed by atoms with Gasteiger partial charge in [-0.2, -0.15) is 0 Å². The maximum Gasteiger partial charge on any atom is 0.127 e. The van der Waals surface area contributed by atoms with Crippen molar-refractivity contribution in [3.8, 4) is 17.2 Å². The first-order chi connectivity index (χ1) is 11.8. The number of anilines is 1. The van der Waals surface area contributed by atoms with Crippen LogP contribution in [0.3, 0.4) is 0 Å². The Morgan fingerprint density at radius 1 is 0.750 bits per heavy atom. The molecule has 0 radical (unpaired) electrons. The van der Waals surface area contributed by atoms with Gasteiger partial charge in [0.05, 0.1) is 0 Å². The summed E-state index contributed by atoms with van der Waals surface area (Å²) in [5, 5.41) is 3.34. The fourth-order valence-electron chi connectivity index (χ4n) is 2.33. The smallest absolute Gasteiger partial charge is 0.127 e. The van der Waals surface area contributed by atoms with E-state index in [0.29, 0.717) is 6.61 Å². The Hall–Kier alpha value is -2.94. The van der Waals surface area contributed by atoms with Crippen molar-refractivity contribution in [3.05, 3.63) is 84.4 Å². The molecule has 0 bridgehead atoms. The van der Waals surface area contributed by atoms with Gasteiger partial charge in [-0.3, -0.25) is 0 Å². The second-order valence-electron chi connectivity index (χ2n) is 5.53. The molecule has 122 valence electrons. The van der Waals surface area contributed by atoms with Crippen molar-refractivity contribution in [2.75, 3.05) is 18.5 Å². The predicted octanol–water partition coefficient (Wildman–Crippen LogP) is 5.28. The van der Waals surface area contributed by atoms with Crippen LogP contribution in [0.1, 0.15) is 5.56 Å². The third kappa shape index (κ3) is 4.78. The van der Waals surface area contributed by atoms with Gasteiger partial charge in [-0.15, -0.1) is 0 Å². The van der Waals surface area contributed by atoms with E-state index in [2.05, 4.69) is 18.3 Å². The molecule has 0 aliphatic heterocycles. The standard InChI is InChI=1S/C21H21NO2/c1-17-6-5-9-21(16-17)23-15-14-22-18-10-12-20(13-11-18)24-19-7-3-2-4-8-19/h2-13,16,22H,14-15H2,1H3. The lowest BCUT2D eigenvalue weighted by Gasteiger charge is -2.10. The lowest BCUT2D eigenvalue weighted by atomic mass is 10.2. The summed E-state index contributed by atoms with van der Waals surface area (Å²) in [6.45, 7) is 3.42. The summed E-state index contributed by atoms with van der Waals surface area (Å²) in [4.78, 5) is 0. The molecule has 0 unspecified atom stereocenters. The number of hydrogen-bond donors (Lipinski definition) is 1. The third-order valence-electron chi connectivity index (χ3n) is 3.52. The highest BCUT2D eigenvalue weighted by molar-refractivity contribution is 5.47. The van der Waals surface area contributed by atoms with Gasteiger partial charge >= 0.3 is 0 Å². The first-order valence-corrected chi connectivity index (χ1v) is 8.06. The molecule has 3 aromatic carbocycles. The Bertz CT molecular complexity index is 754. The van der Waals surface area contributed by atoms with Gasteiger partial charge in [0.1, 0.15) is 23.9 Å². The molecule has 24 heavy (non-hydrogen) atoms. The highest BCUT2D eigenvalue weighted by Gasteiger charge is 1.98. The van der Waals surface area contributed by atoms with Crippen molar-refractivity contribution in [3.63, 3.8) is 0 Å². The Labute approximate surface area is 142 Å². The Morgan fingerprint density at radius 2 is 1.46 bits per heavy atom. The van der Waals surface area contributed by atoms with E-state index in [1.165, 1.54) is 5.56 Å². The van der Waals surface area contributed by atoms with Crippen LogP contribution in [-0.4, -0.2) is 13.2 Å². The first kappa shape index (κ1) is 15.9. The number of nitrogens with one attached hydrogen (secondary N) is 1. The summed E-state index contributed by atoms with van der Waals surface area (Å²) >= 11 is 0. The summed E-state index contributed by atoms with van der Waals surface area (Å²) in [5.74, 6) is 2.57. The minimum Gasteiger partial charge on any atom is -0.492 e. The number of rotatable bonds is 7. The van der Waals surface area contributed by atoms with Gasteiger partial charge in [0.25, 0.3) is 0 Å². The second kappa shape index (κ2) is 8.06. The van der Waals surface area contributed by atoms with E-state index in [-0.39, 0.29) is 0 Å². The van der Waals surface area contributed by atoms with Crippen LogP contribution in [0.25, 0.3) is 0 Å². The van der Waals surface area contributed by atoms with E-state index in [1.807, 2.05) is 72.8 Å². The van der Waals surface area contributed by atoms with Crippen LogP contribution in [-0.2, 0) is 0 Å². The largest absolute Gasteiger partial charge is 0.492 e. The monoisotopic (exact) mass is 319 g/mol. The van der Waals surface area contributed by atoms with Gasteiger partial charge in [0.2, 0.25) is 0 Å². The highest BCUT2D eigenvalue weighted by atomic mass is 16.5. The van der Waals surface area contributed by atoms with Crippen LogP contribution in [0.15, 0.2) is 78.9 Å². The minimum absolute atomic E-state index is 0.617. The van der Waals surface area contributed by atoms with E-state index in [0.717, 1.165) is 29.5 Å².